The summed E-state index contributed by atoms with van der Waals surface area (Å²) >= 11 is 11.6. The third-order valence-electron chi connectivity index (χ3n) is 2.71. The highest BCUT2D eigenvalue weighted by molar-refractivity contribution is 6.42. The van der Waals surface area contributed by atoms with E-state index in [1.807, 2.05) is 6.07 Å². The molecular weight excluding hydrogens is 314 g/mol. The van der Waals surface area contributed by atoms with E-state index in [-0.39, 0.29) is 34.0 Å². The Labute approximate surface area is 122 Å². The van der Waals surface area contributed by atoms with Gasteiger partial charge in [-0.2, -0.15) is 18.4 Å². The number of benzene rings is 1. The maximum atomic E-state index is 13.0. The maximum absolute atomic E-state index is 13.0. The molecule has 0 aliphatic carbocycles. The fourth-order valence-corrected chi connectivity index (χ4v) is 2.19. The zero-order chi connectivity index (χ0) is 14.9. The van der Waals surface area contributed by atoms with Crippen LogP contribution in [0.2, 0.25) is 10.0 Å². The Kier molecular flexibility index (Phi) is 4.11. The molecule has 1 aromatic carbocycles. The molecule has 1 aromatic heterocycles. The smallest absolute Gasteiger partial charge is 0.320 e. The van der Waals surface area contributed by atoms with Crippen molar-refractivity contribution in [3.05, 3.63) is 28.0 Å². The van der Waals surface area contributed by atoms with Gasteiger partial charge in [0.1, 0.15) is 0 Å². The summed E-state index contributed by atoms with van der Waals surface area (Å²) in [6.45, 7) is 0.0386. The number of fused-ring (bicyclic) bond motifs is 1. The first kappa shape index (κ1) is 14.9. The van der Waals surface area contributed by atoms with Crippen LogP contribution in [0.25, 0.3) is 11.0 Å². The number of imidazole rings is 1. The van der Waals surface area contributed by atoms with Crippen molar-refractivity contribution in [2.45, 2.75) is 25.6 Å². The molecule has 0 bridgehead atoms. The van der Waals surface area contributed by atoms with Crippen LogP contribution in [-0.2, 0) is 12.7 Å². The van der Waals surface area contributed by atoms with Crippen molar-refractivity contribution in [3.63, 3.8) is 0 Å². The van der Waals surface area contributed by atoms with Crippen LogP contribution < -0.4 is 0 Å². The van der Waals surface area contributed by atoms with E-state index < -0.39 is 12.0 Å². The number of alkyl halides is 3. The fourth-order valence-electron chi connectivity index (χ4n) is 1.88. The van der Waals surface area contributed by atoms with Crippen LogP contribution in [0.1, 0.15) is 18.7 Å². The minimum atomic E-state index is -4.58. The first-order chi connectivity index (χ1) is 9.34. The van der Waals surface area contributed by atoms with Crippen molar-refractivity contribution in [1.29, 1.82) is 5.26 Å². The van der Waals surface area contributed by atoms with Gasteiger partial charge in [-0.15, -0.1) is 0 Å². The number of nitrogens with zero attached hydrogens (tertiary/aromatic N) is 3. The molecule has 0 amide bonds. The third-order valence-corrected chi connectivity index (χ3v) is 3.44. The van der Waals surface area contributed by atoms with E-state index in [0.717, 1.165) is 4.57 Å². The number of hydrogen-bond acceptors (Lipinski definition) is 2. The maximum Gasteiger partial charge on any atom is 0.449 e. The number of hydrogen-bond donors (Lipinski definition) is 0. The molecule has 106 valence electrons. The van der Waals surface area contributed by atoms with Crippen molar-refractivity contribution in [2.75, 3.05) is 0 Å². The zero-order valence-electron chi connectivity index (χ0n) is 10.0. The van der Waals surface area contributed by atoms with Gasteiger partial charge in [0, 0.05) is 13.0 Å². The summed E-state index contributed by atoms with van der Waals surface area (Å²) in [7, 11) is 0. The summed E-state index contributed by atoms with van der Waals surface area (Å²) in [5.74, 6) is -1.01. The molecule has 2 aromatic rings. The molecule has 0 atom stereocenters. The summed E-state index contributed by atoms with van der Waals surface area (Å²) < 4.78 is 40.0. The molecule has 0 aliphatic heterocycles. The second-order valence-corrected chi connectivity index (χ2v) is 4.92. The fraction of sp³-hybridized carbons (Fsp3) is 0.333. The van der Waals surface area contributed by atoms with Crippen molar-refractivity contribution in [2.24, 2.45) is 0 Å². The summed E-state index contributed by atoms with van der Waals surface area (Å²) in [6.07, 6.45) is -4.12. The molecule has 1 heterocycles. The molecule has 2 rings (SSSR count). The van der Waals surface area contributed by atoms with Gasteiger partial charge in [0.2, 0.25) is 5.82 Å². The normalized spacial score (nSPS) is 11.8. The number of nitriles is 1. The van der Waals surface area contributed by atoms with Gasteiger partial charge < -0.3 is 4.57 Å². The standard InChI is InChI=1S/C12H8Cl2F3N3/c13-7-5-9-10(6-8(7)14)20(4-2-1-3-18)11(19-9)12(15,16)17/h5-6H,1-2,4H2. The van der Waals surface area contributed by atoms with Crippen molar-refractivity contribution < 1.29 is 13.2 Å². The van der Waals surface area contributed by atoms with Gasteiger partial charge in [-0.05, 0) is 18.6 Å². The highest BCUT2D eigenvalue weighted by atomic mass is 35.5. The SMILES string of the molecule is N#CCCCn1c(C(F)(F)F)nc2cc(Cl)c(Cl)cc21. The van der Waals surface area contributed by atoms with Gasteiger partial charge >= 0.3 is 6.18 Å². The molecule has 3 nitrogen and oxygen atoms in total. The van der Waals surface area contributed by atoms with E-state index >= 15 is 0 Å². The summed E-state index contributed by atoms with van der Waals surface area (Å²) in [5.41, 5.74) is 0.383. The molecule has 8 heteroatoms. The molecule has 0 N–H and O–H groups in total. The van der Waals surface area contributed by atoms with E-state index in [1.54, 1.807) is 0 Å². The van der Waals surface area contributed by atoms with Gasteiger partial charge in [-0.25, -0.2) is 4.98 Å². The van der Waals surface area contributed by atoms with E-state index in [4.69, 9.17) is 28.5 Å². The molecule has 20 heavy (non-hydrogen) atoms. The first-order valence-electron chi connectivity index (χ1n) is 5.64. The van der Waals surface area contributed by atoms with Gasteiger partial charge in [0.15, 0.2) is 0 Å². The quantitative estimate of drug-likeness (QED) is 0.771. The molecule has 0 saturated carbocycles. The zero-order valence-corrected chi connectivity index (χ0v) is 11.5. The average Bonchev–Trinajstić information content (AvgIpc) is 2.69. The van der Waals surface area contributed by atoms with Crippen LogP contribution in [0.5, 0.6) is 0 Å². The highest BCUT2D eigenvalue weighted by Gasteiger charge is 2.37. The van der Waals surface area contributed by atoms with E-state index in [0.29, 0.717) is 6.42 Å². The van der Waals surface area contributed by atoms with Crippen LogP contribution in [0.3, 0.4) is 0 Å². The van der Waals surface area contributed by atoms with Crippen LogP contribution in [0.15, 0.2) is 12.1 Å². The van der Waals surface area contributed by atoms with Crippen molar-refractivity contribution in [3.8, 4) is 6.07 Å². The van der Waals surface area contributed by atoms with Gasteiger partial charge in [-0.1, -0.05) is 23.2 Å². The molecule has 0 fully saturated rings. The molecule has 0 saturated heterocycles. The lowest BCUT2D eigenvalue weighted by molar-refractivity contribution is -0.146. The first-order valence-corrected chi connectivity index (χ1v) is 6.39. The van der Waals surface area contributed by atoms with Gasteiger partial charge in [0.05, 0.1) is 27.1 Å². The summed E-state index contributed by atoms with van der Waals surface area (Å²) in [6, 6.07) is 4.55. The number of aryl methyl sites for hydroxylation is 1. The molecule has 0 radical (unpaired) electrons. The van der Waals surface area contributed by atoms with E-state index in [1.165, 1.54) is 12.1 Å². The monoisotopic (exact) mass is 321 g/mol. The number of halogens is 5. The lowest BCUT2D eigenvalue weighted by atomic mass is 10.3. The highest BCUT2D eigenvalue weighted by Crippen LogP contribution is 2.34. The lowest BCUT2D eigenvalue weighted by Gasteiger charge is -2.10. The Hall–Kier alpha value is -1.45. The van der Waals surface area contributed by atoms with E-state index in [2.05, 4.69) is 4.98 Å². The molecular formula is C12H8Cl2F3N3. The Morgan fingerprint density at radius 1 is 1.25 bits per heavy atom. The van der Waals surface area contributed by atoms with Crippen LogP contribution in [0, 0.1) is 11.3 Å². The Bertz CT molecular complexity index is 686. The summed E-state index contributed by atoms with van der Waals surface area (Å²) in [5, 5.41) is 8.79. The second-order valence-electron chi connectivity index (χ2n) is 4.10. The molecule has 0 spiro atoms. The van der Waals surface area contributed by atoms with Gasteiger partial charge in [-0.3, -0.25) is 0 Å². The Morgan fingerprint density at radius 3 is 2.50 bits per heavy atom. The molecule has 0 aliphatic rings. The Balaban J connectivity index is 2.59. The number of aromatic nitrogens is 2. The molecule has 0 unspecified atom stereocenters. The van der Waals surface area contributed by atoms with Crippen molar-refractivity contribution >= 4 is 34.2 Å². The minimum absolute atomic E-state index is 0.0386. The number of unbranched alkanes of at least 4 members (excludes halogenated alkanes) is 1. The van der Waals surface area contributed by atoms with Crippen molar-refractivity contribution in [1.82, 2.24) is 9.55 Å². The lowest BCUT2D eigenvalue weighted by Crippen LogP contribution is -2.15. The van der Waals surface area contributed by atoms with E-state index in [9.17, 15) is 13.2 Å². The number of rotatable bonds is 3. The van der Waals surface area contributed by atoms with Crippen LogP contribution >= 0.6 is 23.2 Å². The third kappa shape index (κ3) is 2.84. The van der Waals surface area contributed by atoms with Crippen LogP contribution in [-0.4, -0.2) is 9.55 Å². The second kappa shape index (κ2) is 5.51. The predicted molar refractivity (Wildman–Crippen MR) is 69.6 cm³/mol. The largest absolute Gasteiger partial charge is 0.449 e. The predicted octanol–water partition coefficient (Wildman–Crippen LogP) is 4.67. The summed E-state index contributed by atoms with van der Waals surface area (Å²) in [4.78, 5) is 3.58. The average molecular weight is 322 g/mol. The topological polar surface area (TPSA) is 41.6 Å². The van der Waals surface area contributed by atoms with Crippen LogP contribution in [0.4, 0.5) is 13.2 Å². The Morgan fingerprint density at radius 2 is 1.90 bits per heavy atom. The minimum Gasteiger partial charge on any atom is -0.320 e. The van der Waals surface area contributed by atoms with Gasteiger partial charge in [0.25, 0.3) is 0 Å².